The van der Waals surface area contributed by atoms with Crippen LogP contribution in [0.4, 0.5) is 0 Å². The third-order valence-corrected chi connectivity index (χ3v) is 5.14. The fraction of sp³-hybridized carbons (Fsp3) is 0.250. The Morgan fingerprint density at radius 2 is 1.90 bits per heavy atom. The average molecular weight is 408 g/mol. The zero-order valence-corrected chi connectivity index (χ0v) is 15.3. The first kappa shape index (κ1) is 17.1. The van der Waals surface area contributed by atoms with Gasteiger partial charge in [0.2, 0.25) is 0 Å². The van der Waals surface area contributed by atoms with Gasteiger partial charge in [0.25, 0.3) is 0 Å². The molecule has 0 aromatic heterocycles. The van der Waals surface area contributed by atoms with Gasteiger partial charge in [-0.2, -0.15) is 0 Å². The van der Waals surface area contributed by atoms with Gasteiger partial charge in [-0.25, -0.2) is 0 Å². The molecule has 0 heterocycles. The Morgan fingerprint density at radius 1 is 1.14 bits per heavy atom. The van der Waals surface area contributed by atoms with Crippen LogP contribution in [-0.4, -0.2) is 6.54 Å². The predicted octanol–water partition coefficient (Wildman–Crippen LogP) is 6.30. The minimum atomic E-state index is 0.0960. The summed E-state index contributed by atoms with van der Waals surface area (Å²) in [6.45, 7) is 2.92. The fourth-order valence-corrected chi connectivity index (χ4v) is 3.36. The molecule has 0 saturated carbocycles. The highest BCUT2D eigenvalue weighted by atomic mass is 79.9. The summed E-state index contributed by atoms with van der Waals surface area (Å²) >= 11 is 22.1. The van der Waals surface area contributed by atoms with Crippen LogP contribution in [0.5, 0.6) is 0 Å². The van der Waals surface area contributed by atoms with Gasteiger partial charge >= 0.3 is 0 Å². The molecule has 0 saturated heterocycles. The summed E-state index contributed by atoms with van der Waals surface area (Å²) in [5.74, 6) is 0. The predicted molar refractivity (Wildman–Crippen MR) is 95.7 cm³/mol. The average Bonchev–Trinajstić information content (AvgIpc) is 2.44. The van der Waals surface area contributed by atoms with Crippen molar-refractivity contribution in [2.24, 2.45) is 0 Å². The van der Waals surface area contributed by atoms with Gasteiger partial charge in [-0.3, -0.25) is 0 Å². The van der Waals surface area contributed by atoms with E-state index in [0.717, 1.165) is 33.6 Å². The maximum Gasteiger partial charge on any atom is 0.0595 e. The van der Waals surface area contributed by atoms with Crippen molar-refractivity contribution >= 4 is 50.7 Å². The van der Waals surface area contributed by atoms with E-state index >= 15 is 0 Å². The molecule has 2 aromatic rings. The molecular weight excluding hydrogens is 392 g/mol. The van der Waals surface area contributed by atoms with E-state index in [9.17, 15) is 0 Å². The van der Waals surface area contributed by atoms with Gasteiger partial charge < -0.3 is 5.32 Å². The standard InChI is InChI=1S/C16H15BrCl3N/c1-2-21-15(12-4-3-5-13(17)16(12)20)8-10-6-7-11(18)9-14(10)19/h3-7,9,15,21H,2,8H2,1H3. The Labute approximate surface area is 148 Å². The lowest BCUT2D eigenvalue weighted by atomic mass is 9.98. The molecule has 112 valence electrons. The van der Waals surface area contributed by atoms with E-state index in [1.54, 1.807) is 6.07 Å². The number of rotatable bonds is 5. The zero-order chi connectivity index (χ0) is 15.4. The van der Waals surface area contributed by atoms with Crippen LogP contribution in [0.25, 0.3) is 0 Å². The number of hydrogen-bond acceptors (Lipinski definition) is 1. The first-order chi connectivity index (χ1) is 10.0. The Balaban J connectivity index is 2.33. The maximum absolute atomic E-state index is 6.41. The summed E-state index contributed by atoms with van der Waals surface area (Å²) in [7, 11) is 0. The molecule has 1 atom stereocenters. The van der Waals surface area contributed by atoms with E-state index in [2.05, 4.69) is 28.2 Å². The zero-order valence-electron chi connectivity index (χ0n) is 11.5. The lowest BCUT2D eigenvalue weighted by molar-refractivity contribution is 0.550. The van der Waals surface area contributed by atoms with Crippen LogP contribution in [0.2, 0.25) is 15.1 Å². The normalized spacial score (nSPS) is 12.4. The summed E-state index contributed by atoms with van der Waals surface area (Å²) < 4.78 is 0.895. The quantitative estimate of drug-likeness (QED) is 0.613. The molecule has 0 bridgehead atoms. The van der Waals surface area contributed by atoms with Crippen LogP contribution < -0.4 is 5.32 Å². The van der Waals surface area contributed by atoms with Gasteiger partial charge in [0.1, 0.15) is 0 Å². The second kappa shape index (κ2) is 7.85. The topological polar surface area (TPSA) is 12.0 Å². The summed E-state index contributed by atoms with van der Waals surface area (Å²) in [5, 5.41) is 5.51. The first-order valence-corrected chi connectivity index (χ1v) is 8.56. The molecule has 0 amide bonds. The van der Waals surface area contributed by atoms with Gasteiger partial charge in [-0.1, -0.05) is 59.9 Å². The minimum absolute atomic E-state index is 0.0960. The van der Waals surface area contributed by atoms with Crippen molar-refractivity contribution in [3.63, 3.8) is 0 Å². The summed E-state index contributed by atoms with van der Waals surface area (Å²) in [5.41, 5.74) is 2.10. The summed E-state index contributed by atoms with van der Waals surface area (Å²) in [6, 6.07) is 11.6. The highest BCUT2D eigenvalue weighted by Gasteiger charge is 2.17. The largest absolute Gasteiger partial charge is 0.310 e. The molecule has 0 aliphatic heterocycles. The highest BCUT2D eigenvalue weighted by molar-refractivity contribution is 9.10. The third kappa shape index (κ3) is 4.37. The molecule has 5 heteroatoms. The van der Waals surface area contributed by atoms with Crippen LogP contribution in [-0.2, 0) is 6.42 Å². The molecule has 1 N–H and O–H groups in total. The Bertz CT molecular complexity index is 631. The molecule has 0 fully saturated rings. The van der Waals surface area contributed by atoms with Crippen LogP contribution in [0.1, 0.15) is 24.1 Å². The molecule has 0 aliphatic carbocycles. The van der Waals surface area contributed by atoms with Crippen LogP contribution in [0.15, 0.2) is 40.9 Å². The first-order valence-electron chi connectivity index (χ1n) is 6.64. The molecule has 2 aromatic carbocycles. The number of likely N-dealkylation sites (N-methyl/N-ethyl adjacent to an activating group) is 1. The fourth-order valence-electron chi connectivity index (χ4n) is 2.24. The van der Waals surface area contributed by atoms with Gasteiger partial charge in [0.05, 0.1) is 5.02 Å². The number of nitrogens with one attached hydrogen (secondary N) is 1. The molecule has 2 rings (SSSR count). The van der Waals surface area contributed by atoms with Crippen molar-refractivity contribution < 1.29 is 0 Å². The molecular formula is C16H15BrCl3N. The Morgan fingerprint density at radius 3 is 2.57 bits per heavy atom. The van der Waals surface area contributed by atoms with Crippen LogP contribution >= 0.6 is 50.7 Å². The molecule has 0 radical (unpaired) electrons. The number of hydrogen-bond donors (Lipinski definition) is 1. The summed E-state index contributed by atoms with van der Waals surface area (Å²) in [6.07, 6.45) is 0.750. The van der Waals surface area contributed by atoms with Crippen molar-refractivity contribution in [2.75, 3.05) is 6.54 Å². The van der Waals surface area contributed by atoms with Crippen LogP contribution in [0, 0.1) is 0 Å². The van der Waals surface area contributed by atoms with Gasteiger partial charge in [0, 0.05) is 20.6 Å². The molecule has 1 nitrogen and oxygen atoms in total. The van der Waals surface area contributed by atoms with Gasteiger partial charge in [0.15, 0.2) is 0 Å². The monoisotopic (exact) mass is 405 g/mol. The van der Waals surface area contributed by atoms with E-state index < -0.39 is 0 Å². The molecule has 0 spiro atoms. The lowest BCUT2D eigenvalue weighted by Gasteiger charge is -2.21. The lowest BCUT2D eigenvalue weighted by Crippen LogP contribution is -2.23. The van der Waals surface area contributed by atoms with E-state index in [0.29, 0.717) is 10.0 Å². The Kier molecular flexibility index (Phi) is 6.39. The second-order valence-electron chi connectivity index (χ2n) is 4.69. The van der Waals surface area contributed by atoms with Crippen molar-refractivity contribution in [1.82, 2.24) is 5.32 Å². The smallest absolute Gasteiger partial charge is 0.0595 e. The SMILES string of the molecule is CCNC(Cc1ccc(Cl)cc1Cl)c1cccc(Br)c1Cl. The van der Waals surface area contributed by atoms with Crippen molar-refractivity contribution in [1.29, 1.82) is 0 Å². The third-order valence-electron chi connectivity index (χ3n) is 3.25. The number of benzene rings is 2. The van der Waals surface area contributed by atoms with E-state index in [4.69, 9.17) is 34.8 Å². The van der Waals surface area contributed by atoms with Crippen molar-refractivity contribution in [2.45, 2.75) is 19.4 Å². The van der Waals surface area contributed by atoms with Crippen molar-refractivity contribution in [3.8, 4) is 0 Å². The number of halogens is 4. The minimum Gasteiger partial charge on any atom is -0.310 e. The van der Waals surface area contributed by atoms with Gasteiger partial charge in [-0.15, -0.1) is 0 Å². The molecule has 0 aliphatic rings. The van der Waals surface area contributed by atoms with E-state index in [1.165, 1.54) is 0 Å². The molecule has 1 unspecified atom stereocenters. The van der Waals surface area contributed by atoms with Gasteiger partial charge in [-0.05, 0) is 58.2 Å². The van der Waals surface area contributed by atoms with E-state index in [1.807, 2.05) is 30.3 Å². The highest BCUT2D eigenvalue weighted by Crippen LogP contribution is 2.33. The van der Waals surface area contributed by atoms with Crippen LogP contribution in [0.3, 0.4) is 0 Å². The van der Waals surface area contributed by atoms with Crippen molar-refractivity contribution in [3.05, 3.63) is 67.1 Å². The second-order valence-corrected chi connectivity index (χ2v) is 6.77. The van der Waals surface area contributed by atoms with E-state index in [-0.39, 0.29) is 6.04 Å². The Hall–Kier alpha value is -0.250. The molecule has 21 heavy (non-hydrogen) atoms. The summed E-state index contributed by atoms with van der Waals surface area (Å²) in [4.78, 5) is 0. The maximum atomic E-state index is 6.41.